The highest BCUT2D eigenvalue weighted by Gasteiger charge is 2.12. The van der Waals surface area contributed by atoms with Gasteiger partial charge in [-0.15, -0.1) is 0 Å². The number of carbonyl (C=O) groups excluding carboxylic acids is 1. The van der Waals surface area contributed by atoms with Crippen molar-refractivity contribution in [2.24, 2.45) is 0 Å². The zero-order chi connectivity index (χ0) is 14.0. The van der Waals surface area contributed by atoms with Gasteiger partial charge in [-0.2, -0.15) is 0 Å². The zero-order valence-electron chi connectivity index (χ0n) is 10.2. The first-order chi connectivity index (χ1) is 8.99. The molecule has 0 saturated heterocycles. The van der Waals surface area contributed by atoms with E-state index in [2.05, 4.69) is 21.2 Å². The summed E-state index contributed by atoms with van der Waals surface area (Å²) in [4.78, 5) is 12.2. The summed E-state index contributed by atoms with van der Waals surface area (Å²) in [5.41, 5.74) is 8.38. The van der Waals surface area contributed by atoms with E-state index in [9.17, 15) is 4.79 Å². The van der Waals surface area contributed by atoms with Gasteiger partial charge < -0.3 is 11.1 Å². The number of para-hydroxylation sites is 1. The number of anilines is 2. The quantitative estimate of drug-likeness (QED) is 0.804. The molecule has 19 heavy (non-hydrogen) atoms. The van der Waals surface area contributed by atoms with Gasteiger partial charge in [0, 0.05) is 15.2 Å². The normalized spacial score (nSPS) is 10.3. The van der Waals surface area contributed by atoms with Gasteiger partial charge in [0.15, 0.2) is 0 Å². The molecule has 0 aliphatic heterocycles. The predicted octanol–water partition coefficient (Wildman–Crippen LogP) is 4.25. The van der Waals surface area contributed by atoms with Crippen molar-refractivity contribution in [2.45, 2.75) is 6.92 Å². The Morgan fingerprint density at radius 3 is 2.74 bits per heavy atom. The molecule has 0 bridgehead atoms. The fraction of sp³-hybridized carbons (Fsp3) is 0.0714. The van der Waals surface area contributed by atoms with E-state index in [0.717, 1.165) is 10.0 Å². The fourth-order valence-corrected chi connectivity index (χ4v) is 2.44. The maximum atomic E-state index is 12.2. The number of rotatable bonds is 2. The molecule has 2 aromatic rings. The van der Waals surface area contributed by atoms with E-state index in [1.807, 2.05) is 13.0 Å². The van der Waals surface area contributed by atoms with Crippen LogP contribution in [0.25, 0.3) is 0 Å². The summed E-state index contributed by atoms with van der Waals surface area (Å²) in [5, 5.41) is 3.39. The second-order valence-electron chi connectivity index (χ2n) is 4.11. The van der Waals surface area contributed by atoms with Gasteiger partial charge in [0.05, 0.1) is 11.3 Å². The van der Waals surface area contributed by atoms with E-state index in [1.54, 1.807) is 30.3 Å². The van der Waals surface area contributed by atoms with Gasteiger partial charge in [-0.1, -0.05) is 23.7 Å². The third kappa shape index (κ3) is 3.08. The van der Waals surface area contributed by atoms with Gasteiger partial charge in [0.1, 0.15) is 0 Å². The van der Waals surface area contributed by atoms with E-state index in [4.69, 9.17) is 17.3 Å². The Hall–Kier alpha value is -1.52. The topological polar surface area (TPSA) is 55.1 Å². The van der Waals surface area contributed by atoms with Crippen LogP contribution >= 0.6 is 27.5 Å². The first kappa shape index (κ1) is 13.9. The number of hydrogen-bond acceptors (Lipinski definition) is 2. The number of hydrogen-bond donors (Lipinski definition) is 2. The maximum absolute atomic E-state index is 12.2. The van der Waals surface area contributed by atoms with Crippen LogP contribution in [-0.4, -0.2) is 5.91 Å². The van der Waals surface area contributed by atoms with Gasteiger partial charge in [-0.25, -0.2) is 0 Å². The molecule has 2 rings (SSSR count). The summed E-state index contributed by atoms with van der Waals surface area (Å²) < 4.78 is 0.722. The fourth-order valence-electron chi connectivity index (χ4n) is 1.66. The summed E-state index contributed by atoms with van der Waals surface area (Å²) in [7, 11) is 0. The van der Waals surface area contributed by atoms with Crippen LogP contribution in [0.1, 0.15) is 15.9 Å². The van der Waals surface area contributed by atoms with E-state index in [0.29, 0.717) is 22.0 Å². The number of amides is 1. The molecule has 0 saturated carbocycles. The predicted molar refractivity (Wildman–Crippen MR) is 82.7 cm³/mol. The van der Waals surface area contributed by atoms with Crippen LogP contribution in [0.5, 0.6) is 0 Å². The molecule has 0 aliphatic rings. The Labute approximate surface area is 124 Å². The number of carbonyl (C=O) groups is 1. The minimum absolute atomic E-state index is 0.246. The first-order valence-electron chi connectivity index (χ1n) is 5.60. The minimum Gasteiger partial charge on any atom is -0.398 e. The lowest BCUT2D eigenvalue weighted by Crippen LogP contribution is -2.14. The molecule has 0 aromatic heterocycles. The van der Waals surface area contributed by atoms with Crippen molar-refractivity contribution in [1.82, 2.24) is 0 Å². The molecule has 0 radical (unpaired) electrons. The highest BCUT2D eigenvalue weighted by Crippen LogP contribution is 2.27. The van der Waals surface area contributed by atoms with E-state index in [1.165, 1.54) is 0 Å². The molecule has 5 heteroatoms. The largest absolute Gasteiger partial charge is 0.398 e. The molecule has 0 spiro atoms. The highest BCUT2D eigenvalue weighted by molar-refractivity contribution is 9.10. The van der Waals surface area contributed by atoms with Crippen LogP contribution in [-0.2, 0) is 0 Å². The Morgan fingerprint density at radius 2 is 2.05 bits per heavy atom. The first-order valence-corrected chi connectivity index (χ1v) is 6.77. The second kappa shape index (κ2) is 5.63. The lowest BCUT2D eigenvalue weighted by atomic mass is 10.1. The lowest BCUT2D eigenvalue weighted by Gasteiger charge is -2.10. The molecule has 0 unspecified atom stereocenters. The monoisotopic (exact) mass is 338 g/mol. The van der Waals surface area contributed by atoms with Crippen LogP contribution < -0.4 is 11.1 Å². The third-order valence-electron chi connectivity index (χ3n) is 2.75. The van der Waals surface area contributed by atoms with Crippen molar-refractivity contribution >= 4 is 44.8 Å². The summed E-state index contributed by atoms with van der Waals surface area (Å²) >= 11 is 9.20. The molecule has 0 atom stereocenters. The van der Waals surface area contributed by atoms with Crippen molar-refractivity contribution in [2.75, 3.05) is 11.1 Å². The van der Waals surface area contributed by atoms with Gasteiger partial charge in [0.2, 0.25) is 0 Å². The molecular formula is C14H12BrClN2O. The summed E-state index contributed by atoms with van der Waals surface area (Å²) in [6.07, 6.45) is 0. The highest BCUT2D eigenvalue weighted by atomic mass is 79.9. The summed E-state index contributed by atoms with van der Waals surface area (Å²) in [6.45, 7) is 1.87. The molecule has 98 valence electrons. The standard InChI is InChI=1S/C14H12BrClN2O/c1-8-3-2-4-10(13(8)17)14(19)18-12-6-5-9(16)7-11(12)15/h2-7H,17H2,1H3,(H,18,19). The molecule has 1 amide bonds. The van der Waals surface area contributed by atoms with E-state index < -0.39 is 0 Å². The minimum atomic E-state index is -0.246. The number of nitrogen functional groups attached to an aromatic ring is 1. The lowest BCUT2D eigenvalue weighted by molar-refractivity contribution is 0.102. The van der Waals surface area contributed by atoms with Crippen molar-refractivity contribution in [3.05, 3.63) is 57.0 Å². The van der Waals surface area contributed by atoms with Crippen molar-refractivity contribution in [1.29, 1.82) is 0 Å². The van der Waals surface area contributed by atoms with Crippen molar-refractivity contribution < 1.29 is 4.79 Å². The van der Waals surface area contributed by atoms with Crippen molar-refractivity contribution in [3.63, 3.8) is 0 Å². The molecule has 0 aliphatic carbocycles. The number of benzene rings is 2. The second-order valence-corrected chi connectivity index (χ2v) is 5.41. The number of halogens is 2. The Balaban J connectivity index is 2.28. The average molecular weight is 340 g/mol. The Bertz CT molecular complexity index is 643. The van der Waals surface area contributed by atoms with Crippen LogP contribution in [0.15, 0.2) is 40.9 Å². The van der Waals surface area contributed by atoms with Gasteiger partial charge in [-0.05, 0) is 52.7 Å². The van der Waals surface area contributed by atoms with E-state index >= 15 is 0 Å². The number of aryl methyl sites for hydroxylation is 1. The average Bonchev–Trinajstić information content (AvgIpc) is 2.36. The zero-order valence-corrected chi connectivity index (χ0v) is 12.5. The van der Waals surface area contributed by atoms with Crippen LogP contribution in [0, 0.1) is 6.92 Å². The third-order valence-corrected chi connectivity index (χ3v) is 3.64. The SMILES string of the molecule is Cc1cccc(C(=O)Nc2ccc(Cl)cc2Br)c1N. The number of nitrogens with one attached hydrogen (secondary N) is 1. The molecule has 0 heterocycles. The smallest absolute Gasteiger partial charge is 0.257 e. The molecule has 2 aromatic carbocycles. The molecule has 3 N–H and O–H groups in total. The maximum Gasteiger partial charge on any atom is 0.257 e. The molecule has 3 nitrogen and oxygen atoms in total. The summed E-state index contributed by atoms with van der Waals surface area (Å²) in [6, 6.07) is 10.5. The van der Waals surface area contributed by atoms with Gasteiger partial charge in [-0.3, -0.25) is 4.79 Å². The van der Waals surface area contributed by atoms with Crippen LogP contribution in [0.4, 0.5) is 11.4 Å². The number of nitrogens with two attached hydrogens (primary N) is 1. The van der Waals surface area contributed by atoms with Gasteiger partial charge in [0.25, 0.3) is 5.91 Å². The Morgan fingerprint density at radius 1 is 1.32 bits per heavy atom. The van der Waals surface area contributed by atoms with Crippen molar-refractivity contribution in [3.8, 4) is 0 Å². The van der Waals surface area contributed by atoms with Crippen LogP contribution in [0.3, 0.4) is 0 Å². The van der Waals surface area contributed by atoms with E-state index in [-0.39, 0.29) is 5.91 Å². The molecular weight excluding hydrogens is 328 g/mol. The Kier molecular flexibility index (Phi) is 4.12. The molecule has 0 fully saturated rings. The van der Waals surface area contributed by atoms with Crippen LogP contribution in [0.2, 0.25) is 5.02 Å². The summed E-state index contributed by atoms with van der Waals surface area (Å²) in [5.74, 6) is -0.246. The van der Waals surface area contributed by atoms with Gasteiger partial charge >= 0.3 is 0 Å².